The van der Waals surface area contributed by atoms with Crippen molar-refractivity contribution in [2.45, 2.75) is 20.3 Å². The molecular formula is C14H22N2O6. The third-order valence-electron chi connectivity index (χ3n) is 4.09. The molecule has 1 rings (SSSR count). The Morgan fingerprint density at radius 3 is 1.82 bits per heavy atom. The van der Waals surface area contributed by atoms with E-state index in [-0.39, 0.29) is 31.3 Å². The average Bonchev–Trinajstić information content (AvgIpc) is 2.80. The summed E-state index contributed by atoms with van der Waals surface area (Å²) in [7, 11) is 1.24. The molecule has 1 aliphatic rings. The van der Waals surface area contributed by atoms with Crippen molar-refractivity contribution >= 4 is 23.8 Å². The minimum absolute atomic E-state index is 0.135. The minimum atomic E-state index is -1.02. The van der Waals surface area contributed by atoms with E-state index in [1.807, 2.05) is 0 Å². The first-order valence-corrected chi connectivity index (χ1v) is 7.07. The number of ether oxygens (including phenoxy) is 1. The predicted octanol–water partition coefficient (Wildman–Crippen LogP) is -0.615. The summed E-state index contributed by atoms with van der Waals surface area (Å²) in [5.41, 5.74) is 0. The lowest BCUT2D eigenvalue weighted by molar-refractivity contribution is -0.147. The molecule has 0 unspecified atom stereocenters. The molecule has 8 nitrogen and oxygen atoms in total. The molecule has 0 aromatic rings. The molecule has 124 valence electrons. The van der Waals surface area contributed by atoms with Gasteiger partial charge in [-0.15, -0.1) is 0 Å². The van der Waals surface area contributed by atoms with Crippen LogP contribution in [0.15, 0.2) is 0 Å². The normalized spacial score (nSPS) is 27.0. The molecule has 1 aliphatic carbocycles. The van der Waals surface area contributed by atoms with E-state index in [0.29, 0.717) is 0 Å². The van der Waals surface area contributed by atoms with Crippen LogP contribution in [0.1, 0.15) is 20.3 Å². The first-order valence-electron chi connectivity index (χ1n) is 7.07. The number of amides is 2. The van der Waals surface area contributed by atoms with Crippen molar-refractivity contribution < 1.29 is 29.0 Å². The molecule has 0 spiro atoms. The number of carboxylic acids is 1. The first-order chi connectivity index (χ1) is 10.3. The number of hydrogen-bond acceptors (Lipinski definition) is 5. The van der Waals surface area contributed by atoms with E-state index in [1.165, 1.54) is 21.0 Å². The van der Waals surface area contributed by atoms with Gasteiger partial charge in [0.25, 0.3) is 0 Å². The Labute approximate surface area is 128 Å². The third-order valence-corrected chi connectivity index (χ3v) is 4.09. The molecule has 3 N–H and O–H groups in total. The highest BCUT2D eigenvalue weighted by molar-refractivity contribution is 5.78. The van der Waals surface area contributed by atoms with Gasteiger partial charge in [-0.05, 0) is 18.3 Å². The summed E-state index contributed by atoms with van der Waals surface area (Å²) in [5.74, 6) is -4.28. The summed E-state index contributed by atoms with van der Waals surface area (Å²) in [4.78, 5) is 45.6. The van der Waals surface area contributed by atoms with E-state index in [4.69, 9.17) is 4.74 Å². The minimum Gasteiger partial charge on any atom is -0.481 e. The van der Waals surface area contributed by atoms with E-state index in [2.05, 4.69) is 10.6 Å². The fourth-order valence-corrected chi connectivity index (χ4v) is 3.04. The number of carboxylic acid groups (broad SMARTS) is 1. The van der Waals surface area contributed by atoms with Crippen LogP contribution in [0.3, 0.4) is 0 Å². The average molecular weight is 314 g/mol. The van der Waals surface area contributed by atoms with E-state index >= 15 is 0 Å². The van der Waals surface area contributed by atoms with Crippen LogP contribution in [-0.2, 0) is 23.9 Å². The maximum Gasteiger partial charge on any atom is 0.309 e. The molecule has 0 aliphatic heterocycles. The van der Waals surface area contributed by atoms with Gasteiger partial charge in [0.05, 0.1) is 18.9 Å². The van der Waals surface area contributed by atoms with Gasteiger partial charge in [-0.3, -0.25) is 19.2 Å². The molecule has 22 heavy (non-hydrogen) atoms. The second-order valence-corrected chi connectivity index (χ2v) is 5.51. The summed E-state index contributed by atoms with van der Waals surface area (Å²) in [6.07, 6.45) is 0.135. The summed E-state index contributed by atoms with van der Waals surface area (Å²) >= 11 is 0. The summed E-state index contributed by atoms with van der Waals surface area (Å²) in [6, 6.07) is 0. The van der Waals surface area contributed by atoms with Crippen LogP contribution in [0.2, 0.25) is 0 Å². The smallest absolute Gasteiger partial charge is 0.309 e. The maximum atomic E-state index is 11.9. The number of methoxy groups -OCH3 is 1. The van der Waals surface area contributed by atoms with Crippen LogP contribution in [0, 0.1) is 23.7 Å². The van der Waals surface area contributed by atoms with Crippen molar-refractivity contribution in [2.24, 2.45) is 23.7 Å². The van der Waals surface area contributed by atoms with Crippen LogP contribution in [0.25, 0.3) is 0 Å². The number of rotatable bonds is 6. The van der Waals surface area contributed by atoms with Gasteiger partial charge in [-0.1, -0.05) is 0 Å². The van der Waals surface area contributed by atoms with Crippen LogP contribution >= 0.6 is 0 Å². The fourth-order valence-electron chi connectivity index (χ4n) is 3.04. The van der Waals surface area contributed by atoms with Crippen molar-refractivity contribution in [3.8, 4) is 0 Å². The lowest BCUT2D eigenvalue weighted by atomic mass is 9.86. The van der Waals surface area contributed by atoms with Crippen molar-refractivity contribution in [1.82, 2.24) is 10.6 Å². The summed E-state index contributed by atoms with van der Waals surface area (Å²) in [6.45, 7) is 3.00. The van der Waals surface area contributed by atoms with Crippen molar-refractivity contribution in [3.63, 3.8) is 0 Å². The molecule has 0 saturated heterocycles. The quantitative estimate of drug-likeness (QED) is 0.562. The Morgan fingerprint density at radius 1 is 1.00 bits per heavy atom. The molecule has 1 saturated carbocycles. The third kappa shape index (κ3) is 4.44. The summed E-state index contributed by atoms with van der Waals surface area (Å²) in [5, 5.41) is 14.6. The van der Waals surface area contributed by atoms with Gasteiger partial charge in [-0.2, -0.15) is 0 Å². The topological polar surface area (TPSA) is 122 Å². The monoisotopic (exact) mass is 314 g/mol. The lowest BCUT2D eigenvalue weighted by Gasteiger charge is -2.25. The standard InChI is InChI=1S/C14H22N2O6/c1-7(17)15-5-11-9(13(19)20)4-10(14(21)22-3)12(11)6-16-8(2)18/h9-12H,4-6H2,1-3H3,(H,15,17)(H,16,18)(H,19,20)/t9-,10+,11+,12-/m0/s1. The zero-order valence-corrected chi connectivity index (χ0v) is 12.9. The van der Waals surface area contributed by atoms with Crippen LogP contribution in [0.5, 0.6) is 0 Å². The molecule has 0 aromatic heterocycles. The van der Waals surface area contributed by atoms with Crippen molar-refractivity contribution in [1.29, 1.82) is 0 Å². The molecule has 2 amide bonds. The molecule has 0 aromatic carbocycles. The summed E-state index contributed by atoms with van der Waals surface area (Å²) < 4.78 is 4.74. The number of nitrogens with one attached hydrogen (secondary N) is 2. The van der Waals surface area contributed by atoms with E-state index in [1.54, 1.807) is 0 Å². The van der Waals surface area contributed by atoms with E-state index in [0.717, 1.165) is 0 Å². The second kappa shape index (κ2) is 7.77. The number of carbonyl (C=O) groups is 4. The Balaban J connectivity index is 2.98. The number of aliphatic carboxylic acids is 1. The molecule has 0 radical (unpaired) electrons. The van der Waals surface area contributed by atoms with Gasteiger partial charge < -0.3 is 20.5 Å². The molecule has 1 fully saturated rings. The molecule has 0 bridgehead atoms. The Kier molecular flexibility index (Phi) is 6.33. The zero-order chi connectivity index (χ0) is 16.9. The van der Waals surface area contributed by atoms with Crippen LogP contribution in [0.4, 0.5) is 0 Å². The van der Waals surface area contributed by atoms with Gasteiger partial charge in [0.1, 0.15) is 0 Å². The van der Waals surface area contributed by atoms with Gasteiger partial charge in [0.15, 0.2) is 0 Å². The first kappa shape index (κ1) is 17.9. The Morgan fingerprint density at radius 2 is 1.45 bits per heavy atom. The van der Waals surface area contributed by atoms with Crippen LogP contribution in [-0.4, -0.2) is 49.1 Å². The molecule has 4 atom stereocenters. The number of esters is 1. The maximum absolute atomic E-state index is 11.9. The second-order valence-electron chi connectivity index (χ2n) is 5.51. The van der Waals surface area contributed by atoms with Gasteiger partial charge in [0, 0.05) is 26.9 Å². The van der Waals surface area contributed by atoms with Crippen molar-refractivity contribution in [3.05, 3.63) is 0 Å². The van der Waals surface area contributed by atoms with Crippen molar-refractivity contribution in [2.75, 3.05) is 20.2 Å². The van der Waals surface area contributed by atoms with Crippen LogP contribution < -0.4 is 10.6 Å². The number of hydrogen-bond donors (Lipinski definition) is 3. The largest absolute Gasteiger partial charge is 0.481 e. The van der Waals surface area contributed by atoms with Gasteiger partial charge >= 0.3 is 11.9 Å². The number of carbonyl (C=O) groups excluding carboxylic acids is 3. The molecular weight excluding hydrogens is 292 g/mol. The van der Waals surface area contributed by atoms with E-state index < -0.39 is 35.6 Å². The lowest BCUT2D eigenvalue weighted by Crippen LogP contribution is -2.40. The van der Waals surface area contributed by atoms with E-state index in [9.17, 15) is 24.3 Å². The highest BCUT2D eigenvalue weighted by Gasteiger charge is 2.49. The highest BCUT2D eigenvalue weighted by Crippen LogP contribution is 2.42. The molecule has 0 heterocycles. The van der Waals surface area contributed by atoms with Gasteiger partial charge in [-0.25, -0.2) is 0 Å². The SMILES string of the molecule is COC(=O)[C@@H]1C[C@H](C(=O)O)[C@@H](CNC(C)=O)[C@H]1CNC(C)=O. The fraction of sp³-hybridized carbons (Fsp3) is 0.714. The Bertz CT molecular complexity index is 464. The Hall–Kier alpha value is -2.12. The predicted molar refractivity (Wildman–Crippen MR) is 75.6 cm³/mol. The van der Waals surface area contributed by atoms with Gasteiger partial charge in [0.2, 0.25) is 11.8 Å². The highest BCUT2D eigenvalue weighted by atomic mass is 16.5. The molecule has 8 heteroatoms. The zero-order valence-electron chi connectivity index (χ0n) is 12.9.